The first-order chi connectivity index (χ1) is 28.5. The summed E-state index contributed by atoms with van der Waals surface area (Å²) in [6, 6.07) is -0.707. The first kappa shape index (κ1) is 55.8. The van der Waals surface area contributed by atoms with Gasteiger partial charge in [-0.05, 0) is 83.5 Å². The molecule has 3 N–H and O–H groups in total. The molecule has 6 nitrogen and oxygen atoms in total. The Kier molecular flexibility index (Phi) is 44.2. The molecule has 0 bridgehead atoms. The van der Waals surface area contributed by atoms with E-state index >= 15 is 0 Å². The van der Waals surface area contributed by atoms with Crippen molar-refractivity contribution in [3.8, 4) is 0 Å². The van der Waals surface area contributed by atoms with Crippen molar-refractivity contribution in [3.05, 3.63) is 48.6 Å². The third kappa shape index (κ3) is 40.6. The Morgan fingerprint density at radius 1 is 0.517 bits per heavy atom. The van der Waals surface area contributed by atoms with E-state index in [1.165, 1.54) is 109 Å². The number of aliphatic hydroxyl groups excluding tert-OH is 2. The van der Waals surface area contributed by atoms with E-state index in [1.54, 1.807) is 0 Å². The third-order valence-electron chi connectivity index (χ3n) is 11.2. The summed E-state index contributed by atoms with van der Waals surface area (Å²) in [5.41, 5.74) is 0. The van der Waals surface area contributed by atoms with Gasteiger partial charge in [0.25, 0.3) is 0 Å². The fraction of sp³-hybridized carbons (Fsp3) is 0.808. The molecule has 0 aromatic heterocycles. The highest BCUT2D eigenvalue weighted by Crippen LogP contribution is 2.17. The molecular formula is C52H95NO5. The topological polar surface area (TPSA) is 95.9 Å². The summed E-state index contributed by atoms with van der Waals surface area (Å²) in [5, 5.41) is 23.6. The maximum atomic E-state index is 13.1. The number of aliphatic hydroxyl groups is 2. The molecule has 0 radical (unpaired) electrons. The highest BCUT2D eigenvalue weighted by atomic mass is 16.5. The van der Waals surface area contributed by atoms with E-state index in [0.717, 1.165) is 89.9 Å². The Hall–Kier alpha value is -2.18. The van der Waals surface area contributed by atoms with Gasteiger partial charge in [-0.3, -0.25) is 9.59 Å². The molecule has 0 aliphatic heterocycles. The van der Waals surface area contributed by atoms with E-state index in [4.69, 9.17) is 4.74 Å². The molecule has 0 aromatic rings. The van der Waals surface area contributed by atoms with Gasteiger partial charge in [0.15, 0.2) is 0 Å². The van der Waals surface area contributed by atoms with Gasteiger partial charge in [0, 0.05) is 6.42 Å². The standard InChI is InChI=1S/C52H95NO5/c1-4-7-10-13-16-19-21-23-24-25-26-28-30-33-36-39-42-45-52(57)58-48(43-40-37-34-32-29-27-22-20-17-14-11-8-5-2)46-51(56)53-49(47-54)50(55)44-41-38-35-31-18-15-12-9-6-3/h16-17,19-20,22-24,27,48-50,54-55H,4-15,18,21,25-26,28-47H2,1-3H3,(H,53,56)/b19-16-,20-17+,24-23-,27-22+. The Balaban J connectivity index is 4.59. The predicted octanol–water partition coefficient (Wildman–Crippen LogP) is 14.7. The number of esters is 1. The van der Waals surface area contributed by atoms with Crippen molar-refractivity contribution >= 4 is 11.9 Å². The minimum Gasteiger partial charge on any atom is -0.462 e. The fourth-order valence-corrected chi connectivity index (χ4v) is 7.33. The number of amides is 1. The number of rotatable bonds is 44. The Bertz CT molecular complexity index is 1000. The number of ether oxygens (including phenoxy) is 1. The van der Waals surface area contributed by atoms with Gasteiger partial charge >= 0.3 is 5.97 Å². The maximum absolute atomic E-state index is 13.1. The SMILES string of the molecule is CCCCC/C=C\C/C=C\CCCCCCCCCC(=O)OC(CCCCCC/C=C/C=C/CCCCC)CC(=O)NC(CO)C(O)CCCCCCCCCCC. The van der Waals surface area contributed by atoms with Gasteiger partial charge in [-0.15, -0.1) is 0 Å². The minimum absolute atomic E-state index is 0.0608. The second kappa shape index (κ2) is 45.9. The van der Waals surface area contributed by atoms with Crippen LogP contribution in [0.5, 0.6) is 0 Å². The molecule has 0 aliphatic carbocycles. The molecule has 1 amide bonds. The average molecular weight is 814 g/mol. The van der Waals surface area contributed by atoms with Crippen LogP contribution in [-0.2, 0) is 14.3 Å². The lowest BCUT2D eigenvalue weighted by Crippen LogP contribution is -2.46. The van der Waals surface area contributed by atoms with Crippen LogP contribution in [0.1, 0.15) is 245 Å². The zero-order valence-corrected chi connectivity index (χ0v) is 38.4. The Morgan fingerprint density at radius 3 is 1.45 bits per heavy atom. The van der Waals surface area contributed by atoms with Crippen LogP contribution in [-0.4, -0.2) is 46.9 Å². The van der Waals surface area contributed by atoms with Crippen molar-refractivity contribution in [3.63, 3.8) is 0 Å². The van der Waals surface area contributed by atoms with Gasteiger partial charge in [-0.25, -0.2) is 0 Å². The first-order valence-electron chi connectivity index (χ1n) is 24.9. The third-order valence-corrected chi connectivity index (χ3v) is 11.2. The lowest BCUT2D eigenvalue weighted by molar-refractivity contribution is -0.151. The average Bonchev–Trinajstić information content (AvgIpc) is 3.22. The highest BCUT2D eigenvalue weighted by Gasteiger charge is 2.24. The van der Waals surface area contributed by atoms with Crippen molar-refractivity contribution < 1.29 is 24.5 Å². The molecule has 0 saturated carbocycles. The number of nitrogens with one attached hydrogen (secondary N) is 1. The quantitative estimate of drug-likeness (QED) is 0.0246. The Morgan fingerprint density at radius 2 is 0.931 bits per heavy atom. The summed E-state index contributed by atoms with van der Waals surface area (Å²) in [5.74, 6) is -0.501. The van der Waals surface area contributed by atoms with Crippen LogP contribution in [0.4, 0.5) is 0 Å². The zero-order valence-electron chi connectivity index (χ0n) is 38.4. The summed E-state index contributed by atoms with van der Waals surface area (Å²) in [4.78, 5) is 26.1. The van der Waals surface area contributed by atoms with Gasteiger partial charge in [-0.1, -0.05) is 198 Å². The van der Waals surface area contributed by atoms with E-state index in [-0.39, 0.29) is 24.9 Å². The zero-order chi connectivity index (χ0) is 42.4. The normalized spacial score (nSPS) is 13.7. The first-order valence-corrected chi connectivity index (χ1v) is 24.9. The lowest BCUT2D eigenvalue weighted by Gasteiger charge is -2.24. The summed E-state index contributed by atoms with van der Waals surface area (Å²) in [6.45, 7) is 6.40. The number of carbonyl (C=O) groups excluding carboxylic acids is 2. The molecule has 0 rings (SSSR count). The summed E-state index contributed by atoms with van der Waals surface area (Å²) in [7, 11) is 0. The van der Waals surface area contributed by atoms with Crippen LogP contribution in [0.25, 0.3) is 0 Å². The van der Waals surface area contributed by atoms with Crippen LogP contribution in [0.15, 0.2) is 48.6 Å². The molecule has 6 heteroatoms. The van der Waals surface area contributed by atoms with Gasteiger partial charge in [0.2, 0.25) is 5.91 Å². The van der Waals surface area contributed by atoms with Crippen molar-refractivity contribution in [2.75, 3.05) is 6.61 Å². The molecule has 0 aromatic carbocycles. The smallest absolute Gasteiger partial charge is 0.306 e. The van der Waals surface area contributed by atoms with Gasteiger partial charge < -0.3 is 20.3 Å². The lowest BCUT2D eigenvalue weighted by atomic mass is 10.0. The molecule has 0 heterocycles. The number of hydrogen-bond acceptors (Lipinski definition) is 5. The van der Waals surface area contributed by atoms with Crippen LogP contribution >= 0.6 is 0 Å². The van der Waals surface area contributed by atoms with Crippen molar-refractivity contribution in [1.29, 1.82) is 0 Å². The van der Waals surface area contributed by atoms with E-state index in [9.17, 15) is 19.8 Å². The number of allylic oxidation sites excluding steroid dienone is 8. The second-order valence-corrected chi connectivity index (χ2v) is 16.9. The summed E-state index contributed by atoms with van der Waals surface area (Å²) < 4.78 is 5.91. The van der Waals surface area contributed by atoms with Crippen molar-refractivity contribution in [2.24, 2.45) is 0 Å². The highest BCUT2D eigenvalue weighted by molar-refractivity contribution is 5.77. The molecule has 3 unspecified atom stereocenters. The molecular weight excluding hydrogens is 719 g/mol. The van der Waals surface area contributed by atoms with E-state index < -0.39 is 18.2 Å². The molecule has 0 aliphatic rings. The number of unbranched alkanes of at least 4 members (excludes halogenated alkanes) is 25. The van der Waals surface area contributed by atoms with Crippen molar-refractivity contribution in [1.82, 2.24) is 5.32 Å². The van der Waals surface area contributed by atoms with Crippen LogP contribution in [0, 0.1) is 0 Å². The monoisotopic (exact) mass is 814 g/mol. The van der Waals surface area contributed by atoms with Gasteiger partial charge in [0.05, 0.1) is 25.2 Å². The molecule has 0 spiro atoms. The van der Waals surface area contributed by atoms with Crippen LogP contribution in [0.3, 0.4) is 0 Å². The summed E-state index contributed by atoms with van der Waals surface area (Å²) >= 11 is 0. The molecule has 0 fully saturated rings. The maximum Gasteiger partial charge on any atom is 0.306 e. The largest absolute Gasteiger partial charge is 0.462 e. The molecule has 58 heavy (non-hydrogen) atoms. The number of carbonyl (C=O) groups is 2. The molecule has 0 saturated heterocycles. The van der Waals surface area contributed by atoms with Crippen LogP contribution in [0.2, 0.25) is 0 Å². The van der Waals surface area contributed by atoms with Gasteiger partial charge in [-0.2, -0.15) is 0 Å². The second-order valence-electron chi connectivity index (χ2n) is 16.9. The molecule has 3 atom stereocenters. The van der Waals surface area contributed by atoms with Crippen LogP contribution < -0.4 is 5.32 Å². The Labute approximate surface area is 359 Å². The predicted molar refractivity (Wildman–Crippen MR) is 250 cm³/mol. The fourth-order valence-electron chi connectivity index (χ4n) is 7.33. The number of hydrogen-bond donors (Lipinski definition) is 3. The summed E-state index contributed by atoms with van der Waals surface area (Å²) in [6.07, 6.45) is 54.5. The minimum atomic E-state index is -0.792. The molecule has 338 valence electrons. The van der Waals surface area contributed by atoms with E-state index in [0.29, 0.717) is 19.3 Å². The van der Waals surface area contributed by atoms with Gasteiger partial charge in [0.1, 0.15) is 6.10 Å². The van der Waals surface area contributed by atoms with E-state index in [1.807, 2.05) is 0 Å². The van der Waals surface area contributed by atoms with E-state index in [2.05, 4.69) is 74.7 Å². The van der Waals surface area contributed by atoms with Crippen molar-refractivity contribution in [2.45, 2.75) is 264 Å².